The van der Waals surface area contributed by atoms with Crippen molar-refractivity contribution in [3.63, 3.8) is 0 Å². The van der Waals surface area contributed by atoms with Gasteiger partial charge in [0.25, 0.3) is 10.0 Å². The van der Waals surface area contributed by atoms with Crippen LogP contribution in [0.4, 0.5) is 0 Å². The molecule has 0 saturated heterocycles. The van der Waals surface area contributed by atoms with E-state index >= 15 is 0 Å². The predicted octanol–water partition coefficient (Wildman–Crippen LogP) is 2.02. The van der Waals surface area contributed by atoms with Crippen molar-refractivity contribution in [3.8, 4) is 0 Å². The van der Waals surface area contributed by atoms with E-state index in [1.165, 1.54) is 15.6 Å². The molecule has 0 aliphatic heterocycles. The molecule has 0 aromatic carbocycles. The molecule has 0 aliphatic rings. The minimum Gasteiger partial charge on any atom is -0.326 e. The first-order valence-corrected chi connectivity index (χ1v) is 8.04. The van der Waals surface area contributed by atoms with E-state index in [0.717, 1.165) is 18.4 Å². The molecule has 0 saturated carbocycles. The highest BCUT2D eigenvalue weighted by atomic mass is 32.2. The number of nitrogens with zero attached hydrogens (tertiary/aromatic N) is 1. The van der Waals surface area contributed by atoms with Crippen LogP contribution >= 0.6 is 11.3 Å². The van der Waals surface area contributed by atoms with E-state index in [0.29, 0.717) is 10.8 Å². The topological polar surface area (TPSA) is 63.4 Å². The van der Waals surface area contributed by atoms with E-state index in [2.05, 4.69) is 0 Å². The van der Waals surface area contributed by atoms with Crippen LogP contribution in [-0.2, 0) is 16.6 Å². The van der Waals surface area contributed by atoms with Crippen molar-refractivity contribution in [2.75, 3.05) is 7.05 Å². The molecule has 0 aliphatic carbocycles. The van der Waals surface area contributed by atoms with Crippen molar-refractivity contribution in [1.82, 2.24) is 4.31 Å². The molecular formula is C11H20N2O2S2. The number of sulfonamides is 1. The van der Waals surface area contributed by atoms with Crippen LogP contribution in [0.25, 0.3) is 0 Å². The zero-order valence-electron chi connectivity index (χ0n) is 10.5. The molecule has 1 rings (SSSR count). The third kappa shape index (κ3) is 3.07. The predicted molar refractivity (Wildman–Crippen MR) is 71.5 cm³/mol. The first-order chi connectivity index (χ1) is 7.97. The molecule has 98 valence electrons. The maximum atomic E-state index is 12.3. The van der Waals surface area contributed by atoms with E-state index in [1.54, 1.807) is 18.5 Å². The summed E-state index contributed by atoms with van der Waals surface area (Å²) in [6.07, 6.45) is 1.64. The molecule has 0 spiro atoms. The summed E-state index contributed by atoms with van der Waals surface area (Å²) in [6.45, 7) is 4.38. The lowest BCUT2D eigenvalue weighted by atomic mass is 10.2. The Kier molecular flexibility index (Phi) is 5.12. The first-order valence-electron chi connectivity index (χ1n) is 5.72. The highest BCUT2D eigenvalue weighted by Gasteiger charge is 2.27. The van der Waals surface area contributed by atoms with Gasteiger partial charge in [0.2, 0.25) is 0 Å². The molecule has 17 heavy (non-hydrogen) atoms. The molecular weight excluding hydrogens is 256 g/mol. The molecule has 0 unspecified atom stereocenters. The van der Waals surface area contributed by atoms with Gasteiger partial charge in [-0.25, -0.2) is 8.42 Å². The van der Waals surface area contributed by atoms with Gasteiger partial charge in [0.15, 0.2) is 0 Å². The van der Waals surface area contributed by atoms with Crippen molar-refractivity contribution in [2.45, 2.75) is 43.5 Å². The van der Waals surface area contributed by atoms with Gasteiger partial charge in [0.05, 0.1) is 0 Å². The molecule has 6 heteroatoms. The number of nitrogens with two attached hydrogens (primary N) is 1. The maximum Gasteiger partial charge on any atom is 0.252 e. The Morgan fingerprint density at radius 3 is 2.41 bits per heavy atom. The van der Waals surface area contributed by atoms with E-state index < -0.39 is 10.0 Å². The smallest absolute Gasteiger partial charge is 0.252 e. The minimum absolute atomic E-state index is 0.0587. The van der Waals surface area contributed by atoms with Gasteiger partial charge in [-0.15, -0.1) is 11.3 Å². The molecule has 4 nitrogen and oxygen atoms in total. The largest absolute Gasteiger partial charge is 0.326 e. The van der Waals surface area contributed by atoms with E-state index in [4.69, 9.17) is 5.73 Å². The molecule has 2 N–H and O–H groups in total. The fraction of sp³-hybridized carbons (Fsp3) is 0.636. The average molecular weight is 276 g/mol. The standard InChI is InChI=1S/C11H20N2O2S2/c1-4-10(5-2)13(3)17(14,15)11-6-9(7-12)8-16-11/h6,8,10H,4-5,7,12H2,1-3H3. The van der Waals surface area contributed by atoms with Gasteiger partial charge in [0.1, 0.15) is 4.21 Å². The van der Waals surface area contributed by atoms with Crippen LogP contribution in [0, 0.1) is 0 Å². The summed E-state index contributed by atoms with van der Waals surface area (Å²) in [4.78, 5) is 0. The minimum atomic E-state index is -3.36. The van der Waals surface area contributed by atoms with Gasteiger partial charge < -0.3 is 5.73 Å². The van der Waals surface area contributed by atoms with Crippen LogP contribution in [0.2, 0.25) is 0 Å². The van der Waals surface area contributed by atoms with E-state index in [9.17, 15) is 8.42 Å². The van der Waals surface area contributed by atoms with E-state index in [1.807, 2.05) is 13.8 Å². The molecule has 0 bridgehead atoms. The summed E-state index contributed by atoms with van der Waals surface area (Å²) >= 11 is 1.24. The summed E-state index contributed by atoms with van der Waals surface area (Å²) in [5.41, 5.74) is 6.36. The molecule has 1 aromatic rings. The van der Waals surface area contributed by atoms with Crippen molar-refractivity contribution in [3.05, 3.63) is 17.0 Å². The monoisotopic (exact) mass is 276 g/mol. The zero-order chi connectivity index (χ0) is 13.1. The Bertz CT molecular complexity index is 450. The molecule has 1 heterocycles. The van der Waals surface area contributed by atoms with Gasteiger partial charge in [0, 0.05) is 19.6 Å². The van der Waals surface area contributed by atoms with Gasteiger partial charge in [-0.1, -0.05) is 13.8 Å². The maximum absolute atomic E-state index is 12.3. The lowest BCUT2D eigenvalue weighted by Crippen LogP contribution is -2.35. The lowest BCUT2D eigenvalue weighted by molar-refractivity contribution is 0.350. The van der Waals surface area contributed by atoms with Crippen LogP contribution in [-0.4, -0.2) is 25.8 Å². The number of hydrogen-bond acceptors (Lipinski definition) is 4. The second-order valence-electron chi connectivity index (χ2n) is 3.97. The molecule has 0 atom stereocenters. The lowest BCUT2D eigenvalue weighted by Gasteiger charge is -2.24. The van der Waals surface area contributed by atoms with Gasteiger partial charge in [-0.05, 0) is 29.9 Å². The van der Waals surface area contributed by atoms with Crippen LogP contribution in [0.5, 0.6) is 0 Å². The fourth-order valence-corrected chi connectivity index (χ4v) is 4.65. The summed E-state index contributed by atoms with van der Waals surface area (Å²) < 4.78 is 26.5. The van der Waals surface area contributed by atoms with Crippen LogP contribution < -0.4 is 5.73 Å². The van der Waals surface area contributed by atoms with Crippen LogP contribution in [0.15, 0.2) is 15.7 Å². The highest BCUT2D eigenvalue weighted by molar-refractivity contribution is 7.91. The van der Waals surface area contributed by atoms with Crippen molar-refractivity contribution >= 4 is 21.4 Å². The van der Waals surface area contributed by atoms with Gasteiger partial charge in [-0.3, -0.25) is 0 Å². The molecule has 0 amide bonds. The Hall–Kier alpha value is -0.430. The normalized spacial score (nSPS) is 12.6. The summed E-state index contributed by atoms with van der Waals surface area (Å²) in [6, 6.07) is 1.72. The first kappa shape index (κ1) is 14.6. The third-order valence-corrected chi connectivity index (χ3v) is 6.33. The fourth-order valence-electron chi connectivity index (χ4n) is 1.74. The highest BCUT2D eigenvalue weighted by Crippen LogP contribution is 2.25. The summed E-state index contributed by atoms with van der Waals surface area (Å²) in [5, 5.41) is 1.80. The van der Waals surface area contributed by atoms with Crippen molar-refractivity contribution in [1.29, 1.82) is 0 Å². The molecule has 0 radical (unpaired) electrons. The second-order valence-corrected chi connectivity index (χ2v) is 7.11. The molecule has 0 fully saturated rings. The zero-order valence-corrected chi connectivity index (χ0v) is 12.1. The van der Waals surface area contributed by atoms with E-state index in [-0.39, 0.29) is 6.04 Å². The van der Waals surface area contributed by atoms with Crippen LogP contribution in [0.3, 0.4) is 0 Å². The SMILES string of the molecule is CCC(CC)N(C)S(=O)(=O)c1cc(CN)cs1. The Labute approximate surface area is 107 Å². The quantitative estimate of drug-likeness (QED) is 0.864. The number of rotatable bonds is 6. The van der Waals surface area contributed by atoms with Crippen molar-refractivity contribution in [2.24, 2.45) is 5.73 Å². The third-order valence-electron chi connectivity index (χ3n) is 2.96. The van der Waals surface area contributed by atoms with Gasteiger partial charge >= 0.3 is 0 Å². The van der Waals surface area contributed by atoms with Crippen LogP contribution in [0.1, 0.15) is 32.3 Å². The average Bonchev–Trinajstić information content (AvgIpc) is 2.79. The summed E-state index contributed by atoms with van der Waals surface area (Å²) in [5.74, 6) is 0. The van der Waals surface area contributed by atoms with Gasteiger partial charge in [-0.2, -0.15) is 4.31 Å². The molecule has 1 aromatic heterocycles. The Balaban J connectivity index is 3.01. The number of hydrogen-bond donors (Lipinski definition) is 1. The second kappa shape index (κ2) is 5.95. The number of thiophene rings is 1. The summed E-state index contributed by atoms with van der Waals surface area (Å²) in [7, 11) is -1.71. The Morgan fingerprint density at radius 2 is 2.00 bits per heavy atom. The Morgan fingerprint density at radius 1 is 1.41 bits per heavy atom. The van der Waals surface area contributed by atoms with Crippen molar-refractivity contribution < 1.29 is 8.42 Å².